The third-order valence-corrected chi connectivity index (χ3v) is 6.77. The van der Waals surface area contributed by atoms with Gasteiger partial charge in [-0.3, -0.25) is 9.59 Å². The molecule has 2 amide bonds. The number of hydrogen-bond donors (Lipinski definition) is 2. The first-order valence-corrected chi connectivity index (χ1v) is 12.2. The van der Waals surface area contributed by atoms with Gasteiger partial charge in [0.25, 0.3) is 5.91 Å². The molecule has 0 aliphatic heterocycles. The largest absolute Gasteiger partial charge is 0.325 e. The van der Waals surface area contributed by atoms with E-state index in [9.17, 15) is 14.0 Å². The maximum absolute atomic E-state index is 13.5. The summed E-state index contributed by atoms with van der Waals surface area (Å²) in [6, 6.07) is 27.3. The van der Waals surface area contributed by atoms with Gasteiger partial charge >= 0.3 is 0 Å². The van der Waals surface area contributed by atoms with Gasteiger partial charge in [0.05, 0.1) is 5.02 Å². The van der Waals surface area contributed by atoms with Crippen LogP contribution in [-0.2, 0) is 4.79 Å². The van der Waals surface area contributed by atoms with E-state index in [0.29, 0.717) is 22.0 Å². The molecule has 4 aromatic carbocycles. The first-order chi connectivity index (χ1) is 16.9. The molecule has 0 bridgehead atoms. The fraction of sp³-hybridized carbons (Fsp3) is 0.0370. The summed E-state index contributed by atoms with van der Waals surface area (Å²) in [5, 5.41) is 5.48. The Bertz CT molecular complexity index is 1350. The van der Waals surface area contributed by atoms with Crippen LogP contribution in [0.3, 0.4) is 0 Å². The summed E-state index contributed by atoms with van der Waals surface area (Å²) < 4.78 is 13.5. The third kappa shape index (κ3) is 6.63. The van der Waals surface area contributed by atoms with Crippen molar-refractivity contribution in [3.63, 3.8) is 0 Å². The van der Waals surface area contributed by atoms with Gasteiger partial charge in [-0.05, 0) is 66.2 Å². The van der Waals surface area contributed by atoms with E-state index in [-0.39, 0.29) is 16.8 Å². The molecule has 0 spiro atoms. The van der Waals surface area contributed by atoms with E-state index in [0.717, 1.165) is 10.5 Å². The number of benzene rings is 4. The zero-order valence-electron chi connectivity index (χ0n) is 18.2. The van der Waals surface area contributed by atoms with Crippen LogP contribution in [0.1, 0.15) is 21.2 Å². The first-order valence-electron chi connectivity index (χ1n) is 10.5. The Balaban J connectivity index is 1.49. The minimum atomic E-state index is -0.577. The second kappa shape index (κ2) is 11.4. The van der Waals surface area contributed by atoms with E-state index in [1.165, 1.54) is 30.0 Å². The van der Waals surface area contributed by atoms with Gasteiger partial charge in [0.15, 0.2) is 0 Å². The van der Waals surface area contributed by atoms with Crippen LogP contribution in [0.15, 0.2) is 102 Å². The van der Waals surface area contributed by atoms with Crippen LogP contribution in [0.25, 0.3) is 0 Å². The highest BCUT2D eigenvalue weighted by Crippen LogP contribution is 2.37. The van der Waals surface area contributed by atoms with Crippen LogP contribution in [0, 0.1) is 5.82 Å². The maximum Gasteiger partial charge on any atom is 0.255 e. The normalized spacial score (nSPS) is 11.5. The summed E-state index contributed by atoms with van der Waals surface area (Å²) >= 11 is 13.2. The number of anilines is 2. The van der Waals surface area contributed by atoms with Gasteiger partial charge in [0.2, 0.25) is 5.91 Å². The maximum atomic E-state index is 13.5. The average Bonchev–Trinajstić information content (AvgIpc) is 2.86. The molecule has 2 N–H and O–H groups in total. The summed E-state index contributed by atoms with van der Waals surface area (Å²) in [4.78, 5) is 26.5. The molecule has 1 unspecified atom stereocenters. The lowest BCUT2D eigenvalue weighted by Crippen LogP contribution is -2.19. The topological polar surface area (TPSA) is 58.2 Å². The first kappa shape index (κ1) is 24.8. The van der Waals surface area contributed by atoms with Gasteiger partial charge in [0, 0.05) is 26.9 Å². The van der Waals surface area contributed by atoms with Crippen molar-refractivity contribution in [1.29, 1.82) is 0 Å². The van der Waals surface area contributed by atoms with Crippen LogP contribution >= 0.6 is 35.0 Å². The van der Waals surface area contributed by atoms with Crippen LogP contribution in [0.2, 0.25) is 10.0 Å². The zero-order valence-corrected chi connectivity index (χ0v) is 20.5. The lowest BCUT2D eigenvalue weighted by atomic mass is 10.1. The van der Waals surface area contributed by atoms with Crippen LogP contribution < -0.4 is 10.6 Å². The van der Waals surface area contributed by atoms with E-state index >= 15 is 0 Å². The predicted octanol–water partition coefficient (Wildman–Crippen LogP) is 7.86. The molecule has 0 fully saturated rings. The Morgan fingerprint density at radius 2 is 1.49 bits per heavy atom. The molecule has 0 radical (unpaired) electrons. The summed E-state index contributed by atoms with van der Waals surface area (Å²) in [6.45, 7) is 0. The lowest BCUT2D eigenvalue weighted by molar-refractivity contribution is -0.115. The molecule has 0 aliphatic carbocycles. The number of hydrogen-bond acceptors (Lipinski definition) is 3. The van der Waals surface area contributed by atoms with Crippen molar-refractivity contribution in [1.82, 2.24) is 0 Å². The van der Waals surface area contributed by atoms with Gasteiger partial charge < -0.3 is 10.6 Å². The molecule has 4 aromatic rings. The smallest absolute Gasteiger partial charge is 0.255 e. The summed E-state index contributed by atoms with van der Waals surface area (Å²) in [5.41, 5.74) is 2.28. The Hall–Kier alpha value is -3.32. The van der Waals surface area contributed by atoms with E-state index < -0.39 is 11.1 Å². The van der Waals surface area contributed by atoms with Crippen molar-refractivity contribution < 1.29 is 14.0 Å². The molecule has 0 saturated carbocycles. The molecular weight excluding hydrogens is 506 g/mol. The van der Waals surface area contributed by atoms with Crippen molar-refractivity contribution >= 4 is 58.2 Å². The van der Waals surface area contributed by atoms with E-state index in [1.807, 2.05) is 42.5 Å². The number of halogens is 3. The molecule has 0 saturated heterocycles. The monoisotopic (exact) mass is 524 g/mol. The van der Waals surface area contributed by atoms with E-state index in [2.05, 4.69) is 10.6 Å². The number of nitrogens with one attached hydrogen (secondary N) is 2. The molecule has 176 valence electrons. The van der Waals surface area contributed by atoms with Crippen LogP contribution in [0.5, 0.6) is 0 Å². The lowest BCUT2D eigenvalue weighted by Gasteiger charge is -2.17. The van der Waals surface area contributed by atoms with E-state index in [1.54, 1.807) is 36.4 Å². The van der Waals surface area contributed by atoms with Gasteiger partial charge in [-0.25, -0.2) is 4.39 Å². The predicted molar refractivity (Wildman–Crippen MR) is 141 cm³/mol. The number of carbonyl (C=O) groups is 2. The fourth-order valence-electron chi connectivity index (χ4n) is 3.27. The zero-order chi connectivity index (χ0) is 24.8. The van der Waals surface area contributed by atoms with Crippen molar-refractivity contribution in [3.05, 3.63) is 124 Å². The van der Waals surface area contributed by atoms with Gasteiger partial charge in [-0.1, -0.05) is 59.6 Å². The molecule has 0 heterocycles. The standard InChI is InChI=1S/C27H19Cl2FN2O2S/c28-19-8-4-7-18(15-19)26(33)31-20-9-12-22(13-10-20)35-25(17-5-2-1-3-6-17)27(34)32-21-11-14-24(30)23(29)16-21/h1-16,25H,(H,31,33)(H,32,34). The molecule has 8 heteroatoms. The fourth-order valence-corrected chi connectivity index (χ4v) is 4.66. The minimum Gasteiger partial charge on any atom is -0.325 e. The number of rotatable bonds is 7. The molecule has 0 aromatic heterocycles. The Morgan fingerprint density at radius 1 is 0.771 bits per heavy atom. The summed E-state index contributed by atoms with van der Waals surface area (Å²) in [6.07, 6.45) is 0. The van der Waals surface area contributed by atoms with Crippen molar-refractivity contribution in [2.24, 2.45) is 0 Å². The molecule has 1 atom stereocenters. The van der Waals surface area contributed by atoms with Crippen LogP contribution in [0.4, 0.5) is 15.8 Å². The van der Waals surface area contributed by atoms with Gasteiger partial charge in [-0.2, -0.15) is 0 Å². The average molecular weight is 525 g/mol. The Kier molecular flexibility index (Phi) is 8.08. The number of thioether (sulfide) groups is 1. The number of carbonyl (C=O) groups excluding carboxylic acids is 2. The summed E-state index contributed by atoms with van der Waals surface area (Å²) in [7, 11) is 0. The third-order valence-electron chi connectivity index (χ3n) is 4.98. The van der Waals surface area contributed by atoms with Gasteiger partial charge in [0.1, 0.15) is 11.1 Å². The number of amides is 2. The van der Waals surface area contributed by atoms with Gasteiger partial charge in [-0.15, -0.1) is 11.8 Å². The minimum absolute atomic E-state index is 0.0675. The highest BCUT2D eigenvalue weighted by Gasteiger charge is 2.22. The molecule has 4 rings (SSSR count). The highest BCUT2D eigenvalue weighted by atomic mass is 35.5. The quantitative estimate of drug-likeness (QED) is 0.242. The Morgan fingerprint density at radius 3 is 2.17 bits per heavy atom. The SMILES string of the molecule is O=C(Nc1ccc(SC(C(=O)Nc2ccc(F)c(Cl)c2)c2ccccc2)cc1)c1cccc(Cl)c1. The second-order valence-electron chi connectivity index (χ2n) is 7.52. The second-order valence-corrected chi connectivity index (χ2v) is 9.54. The molecule has 0 aliphatic rings. The van der Waals surface area contributed by atoms with Crippen molar-refractivity contribution in [2.75, 3.05) is 10.6 Å². The van der Waals surface area contributed by atoms with Crippen LogP contribution in [-0.4, -0.2) is 11.8 Å². The molecule has 35 heavy (non-hydrogen) atoms. The molecular formula is C27H19Cl2FN2O2S. The summed E-state index contributed by atoms with van der Waals surface area (Å²) in [5.74, 6) is -1.10. The van der Waals surface area contributed by atoms with Crippen molar-refractivity contribution in [3.8, 4) is 0 Å². The Labute approximate surface area is 216 Å². The van der Waals surface area contributed by atoms with Crippen molar-refractivity contribution in [2.45, 2.75) is 10.1 Å². The molecule has 4 nitrogen and oxygen atoms in total. The highest BCUT2D eigenvalue weighted by molar-refractivity contribution is 8.00. The van der Waals surface area contributed by atoms with E-state index in [4.69, 9.17) is 23.2 Å².